The fraction of sp³-hybridized carbons (Fsp3) is 0.0769. The van der Waals surface area contributed by atoms with Crippen molar-refractivity contribution in [2.45, 2.75) is 0 Å². The third-order valence-corrected chi connectivity index (χ3v) is 3.13. The summed E-state index contributed by atoms with van der Waals surface area (Å²) in [5.74, 6) is 0.838. The van der Waals surface area contributed by atoms with E-state index >= 15 is 0 Å². The van der Waals surface area contributed by atoms with Crippen LogP contribution < -0.4 is 10.5 Å². The molecule has 0 unspecified atom stereocenters. The second kappa shape index (κ2) is 4.44. The Morgan fingerprint density at radius 2 is 1.95 bits per heavy atom. The van der Waals surface area contributed by atoms with Gasteiger partial charge in [0.1, 0.15) is 5.52 Å². The van der Waals surface area contributed by atoms with Gasteiger partial charge in [-0.3, -0.25) is 4.57 Å². The SMILES string of the molecule is COc1ccc2nc(N)n(-c3ccccc3Cl)c2n1. The number of hydrogen-bond acceptors (Lipinski definition) is 4. The molecule has 2 heterocycles. The Morgan fingerprint density at radius 3 is 2.68 bits per heavy atom. The van der Waals surface area contributed by atoms with Crippen LogP contribution >= 0.6 is 11.6 Å². The number of ether oxygens (including phenoxy) is 1. The van der Waals surface area contributed by atoms with E-state index in [2.05, 4.69) is 9.97 Å². The lowest BCUT2D eigenvalue weighted by atomic mass is 10.3. The van der Waals surface area contributed by atoms with Crippen molar-refractivity contribution in [2.75, 3.05) is 12.8 Å². The molecule has 0 spiro atoms. The number of nitrogens with two attached hydrogens (primary N) is 1. The number of halogens is 1. The van der Waals surface area contributed by atoms with E-state index in [-0.39, 0.29) is 0 Å². The van der Waals surface area contributed by atoms with E-state index in [9.17, 15) is 0 Å². The minimum absolute atomic E-state index is 0.337. The van der Waals surface area contributed by atoms with E-state index in [1.807, 2.05) is 24.3 Å². The molecule has 0 fully saturated rings. The van der Waals surface area contributed by atoms with Gasteiger partial charge in [0.25, 0.3) is 0 Å². The van der Waals surface area contributed by atoms with Crippen LogP contribution in [0.3, 0.4) is 0 Å². The number of para-hydroxylation sites is 1. The predicted molar refractivity (Wildman–Crippen MR) is 74.8 cm³/mol. The molecule has 2 N–H and O–H groups in total. The number of rotatable bonds is 2. The number of benzene rings is 1. The molecule has 3 rings (SSSR count). The Labute approximate surface area is 114 Å². The average molecular weight is 275 g/mol. The summed E-state index contributed by atoms with van der Waals surface area (Å²) in [4.78, 5) is 8.64. The normalized spacial score (nSPS) is 10.8. The number of fused-ring (bicyclic) bond motifs is 1. The number of hydrogen-bond donors (Lipinski definition) is 1. The van der Waals surface area contributed by atoms with Gasteiger partial charge in [-0.1, -0.05) is 23.7 Å². The van der Waals surface area contributed by atoms with Crippen molar-refractivity contribution in [3.63, 3.8) is 0 Å². The molecule has 0 aliphatic heterocycles. The molecular formula is C13H11ClN4O. The number of nitrogens with zero attached hydrogens (tertiary/aromatic N) is 3. The third-order valence-electron chi connectivity index (χ3n) is 2.81. The zero-order valence-corrected chi connectivity index (χ0v) is 10.9. The molecule has 0 saturated heterocycles. The number of imidazole rings is 1. The molecular weight excluding hydrogens is 264 g/mol. The van der Waals surface area contributed by atoms with Gasteiger partial charge >= 0.3 is 0 Å². The highest BCUT2D eigenvalue weighted by molar-refractivity contribution is 6.32. The fourth-order valence-corrected chi connectivity index (χ4v) is 2.16. The standard InChI is InChI=1S/C13H11ClN4O/c1-19-11-7-6-9-12(17-11)18(13(15)16-9)10-5-3-2-4-8(10)14/h2-7H,1H3,(H2,15,16). The molecule has 3 aromatic rings. The second-order valence-corrected chi connectivity index (χ2v) is 4.36. The molecule has 0 aliphatic carbocycles. The molecule has 5 nitrogen and oxygen atoms in total. The molecule has 0 atom stereocenters. The number of pyridine rings is 1. The van der Waals surface area contributed by atoms with Crippen LogP contribution in [0, 0.1) is 0 Å². The molecule has 0 saturated carbocycles. The van der Waals surface area contributed by atoms with Crippen LogP contribution in [0.2, 0.25) is 5.02 Å². The van der Waals surface area contributed by atoms with E-state index in [1.54, 1.807) is 23.8 Å². The van der Waals surface area contributed by atoms with Gasteiger partial charge < -0.3 is 10.5 Å². The van der Waals surface area contributed by atoms with Crippen molar-refractivity contribution in [1.29, 1.82) is 0 Å². The van der Waals surface area contributed by atoms with Crippen molar-refractivity contribution < 1.29 is 4.74 Å². The van der Waals surface area contributed by atoms with Crippen molar-refractivity contribution in [3.05, 3.63) is 41.4 Å². The molecule has 0 radical (unpaired) electrons. The molecule has 2 aromatic heterocycles. The lowest BCUT2D eigenvalue weighted by molar-refractivity contribution is 0.399. The maximum Gasteiger partial charge on any atom is 0.215 e. The highest BCUT2D eigenvalue weighted by Crippen LogP contribution is 2.27. The monoisotopic (exact) mass is 274 g/mol. The molecule has 1 aromatic carbocycles. The summed E-state index contributed by atoms with van der Waals surface area (Å²) in [6, 6.07) is 10.9. The lowest BCUT2D eigenvalue weighted by Gasteiger charge is -2.08. The van der Waals surface area contributed by atoms with Crippen LogP contribution in [0.25, 0.3) is 16.9 Å². The van der Waals surface area contributed by atoms with E-state index in [0.717, 1.165) is 5.69 Å². The van der Waals surface area contributed by atoms with Crippen LogP contribution in [-0.4, -0.2) is 21.6 Å². The molecule has 96 valence electrons. The van der Waals surface area contributed by atoms with Crippen LogP contribution in [0.4, 0.5) is 5.95 Å². The summed E-state index contributed by atoms with van der Waals surface area (Å²) in [6.07, 6.45) is 0. The summed E-state index contributed by atoms with van der Waals surface area (Å²) in [5.41, 5.74) is 8.01. The third kappa shape index (κ3) is 1.88. The highest BCUT2D eigenvalue weighted by Gasteiger charge is 2.14. The number of anilines is 1. The Balaban J connectivity index is 2.34. The summed E-state index contributed by atoms with van der Waals surface area (Å²) in [6.45, 7) is 0. The maximum absolute atomic E-state index is 6.20. The zero-order valence-electron chi connectivity index (χ0n) is 10.2. The van der Waals surface area contributed by atoms with Crippen LogP contribution in [-0.2, 0) is 0 Å². The molecule has 0 aliphatic rings. The largest absolute Gasteiger partial charge is 0.481 e. The van der Waals surface area contributed by atoms with Gasteiger partial charge in [0.05, 0.1) is 17.8 Å². The van der Waals surface area contributed by atoms with E-state index in [0.29, 0.717) is 28.0 Å². The first kappa shape index (κ1) is 11.8. The molecule has 6 heteroatoms. The van der Waals surface area contributed by atoms with Crippen LogP contribution in [0.1, 0.15) is 0 Å². The van der Waals surface area contributed by atoms with E-state index in [4.69, 9.17) is 22.1 Å². The predicted octanol–water partition coefficient (Wildman–Crippen LogP) is 2.66. The Hall–Kier alpha value is -2.27. The first-order valence-electron chi connectivity index (χ1n) is 5.64. The van der Waals surface area contributed by atoms with E-state index < -0.39 is 0 Å². The minimum Gasteiger partial charge on any atom is -0.481 e. The summed E-state index contributed by atoms with van der Waals surface area (Å²) in [5, 5.41) is 0.582. The molecule has 0 bridgehead atoms. The first-order valence-corrected chi connectivity index (χ1v) is 6.02. The lowest BCUT2D eigenvalue weighted by Crippen LogP contribution is -2.02. The fourth-order valence-electron chi connectivity index (χ4n) is 1.94. The van der Waals surface area contributed by atoms with Gasteiger partial charge in [-0.05, 0) is 18.2 Å². The van der Waals surface area contributed by atoms with Gasteiger partial charge in [0.2, 0.25) is 11.8 Å². The van der Waals surface area contributed by atoms with Gasteiger partial charge in [0.15, 0.2) is 5.65 Å². The Morgan fingerprint density at radius 1 is 1.16 bits per heavy atom. The van der Waals surface area contributed by atoms with Crippen molar-refractivity contribution >= 4 is 28.7 Å². The van der Waals surface area contributed by atoms with Crippen LogP contribution in [0.15, 0.2) is 36.4 Å². The number of methoxy groups -OCH3 is 1. The smallest absolute Gasteiger partial charge is 0.215 e. The highest BCUT2D eigenvalue weighted by atomic mass is 35.5. The summed E-state index contributed by atoms with van der Waals surface area (Å²) < 4.78 is 6.84. The number of aromatic nitrogens is 3. The molecule has 19 heavy (non-hydrogen) atoms. The minimum atomic E-state index is 0.337. The summed E-state index contributed by atoms with van der Waals surface area (Å²) >= 11 is 6.20. The topological polar surface area (TPSA) is 66.0 Å². The van der Waals surface area contributed by atoms with Gasteiger partial charge in [-0.2, -0.15) is 4.98 Å². The second-order valence-electron chi connectivity index (χ2n) is 3.95. The van der Waals surface area contributed by atoms with Crippen molar-refractivity contribution in [1.82, 2.24) is 14.5 Å². The molecule has 0 amide bonds. The van der Waals surface area contributed by atoms with Gasteiger partial charge in [0, 0.05) is 6.07 Å². The van der Waals surface area contributed by atoms with Gasteiger partial charge in [-0.25, -0.2) is 4.98 Å². The maximum atomic E-state index is 6.20. The number of nitrogen functional groups attached to an aromatic ring is 1. The zero-order chi connectivity index (χ0) is 13.4. The van der Waals surface area contributed by atoms with Crippen LogP contribution in [0.5, 0.6) is 5.88 Å². The summed E-state index contributed by atoms with van der Waals surface area (Å²) in [7, 11) is 1.56. The van der Waals surface area contributed by atoms with Gasteiger partial charge in [-0.15, -0.1) is 0 Å². The quantitative estimate of drug-likeness (QED) is 0.780. The Kier molecular flexibility index (Phi) is 2.76. The van der Waals surface area contributed by atoms with Crippen molar-refractivity contribution in [3.8, 4) is 11.6 Å². The average Bonchev–Trinajstić information content (AvgIpc) is 2.74. The van der Waals surface area contributed by atoms with E-state index in [1.165, 1.54) is 0 Å². The van der Waals surface area contributed by atoms with Crippen molar-refractivity contribution in [2.24, 2.45) is 0 Å². The first-order chi connectivity index (χ1) is 9.20. The Bertz CT molecular complexity index is 753.